The molecule has 0 bridgehead atoms. The Morgan fingerprint density at radius 2 is 2.46 bits per heavy atom. The first-order chi connectivity index (χ1) is 6.18. The van der Waals surface area contributed by atoms with Crippen LogP contribution >= 0.6 is 12.2 Å². The van der Waals surface area contributed by atoms with Gasteiger partial charge in [-0.2, -0.15) is 5.10 Å². The number of thiocarbonyl (C=S) groups is 1. The average Bonchev–Trinajstić information content (AvgIpc) is 2.03. The Morgan fingerprint density at radius 3 is 3.08 bits per heavy atom. The topological polar surface area (TPSA) is 63.3 Å². The highest BCUT2D eigenvalue weighted by Crippen LogP contribution is 1.94. The number of hydrogen-bond donors (Lipinski definition) is 2. The summed E-state index contributed by atoms with van der Waals surface area (Å²) in [5, 5.41) is 3.92. The third kappa shape index (κ3) is 3.62. The molecule has 0 amide bonds. The van der Waals surface area contributed by atoms with Crippen LogP contribution in [0.5, 0.6) is 0 Å². The molecule has 1 heterocycles. The van der Waals surface area contributed by atoms with E-state index in [0.29, 0.717) is 0 Å². The van der Waals surface area contributed by atoms with Gasteiger partial charge in [0.15, 0.2) is 5.11 Å². The normalized spacial score (nSPS) is 10.2. The molecule has 0 aliphatic carbocycles. The van der Waals surface area contributed by atoms with E-state index in [9.17, 15) is 0 Å². The summed E-state index contributed by atoms with van der Waals surface area (Å²) in [6, 6.07) is 5.67. The minimum absolute atomic E-state index is 0.143. The maximum absolute atomic E-state index is 5.17. The zero-order valence-corrected chi connectivity index (χ0v) is 8.01. The van der Waals surface area contributed by atoms with E-state index in [1.165, 1.54) is 0 Å². The Labute approximate surface area is 81.9 Å². The molecule has 0 aromatic carbocycles. The van der Waals surface area contributed by atoms with Gasteiger partial charge >= 0.3 is 0 Å². The highest BCUT2D eigenvalue weighted by molar-refractivity contribution is 7.80. The van der Waals surface area contributed by atoms with Crippen molar-refractivity contribution < 1.29 is 0 Å². The van der Waals surface area contributed by atoms with Gasteiger partial charge in [0.2, 0.25) is 0 Å². The van der Waals surface area contributed by atoms with Gasteiger partial charge in [0.05, 0.1) is 11.9 Å². The van der Waals surface area contributed by atoms with Crippen LogP contribution in [0.3, 0.4) is 0 Å². The van der Waals surface area contributed by atoms with Crippen molar-refractivity contribution in [1.29, 1.82) is 0 Å². The molecule has 4 nitrogen and oxygen atoms in total. The molecule has 0 aliphatic heterocycles. The summed E-state index contributed by atoms with van der Waals surface area (Å²) < 4.78 is 0. The minimum atomic E-state index is 0.143. The quantitative estimate of drug-likeness (QED) is 0.410. The second-order valence-electron chi connectivity index (χ2n) is 2.44. The van der Waals surface area contributed by atoms with Gasteiger partial charge in [0, 0.05) is 5.69 Å². The smallest absolute Gasteiger partial charge is 0.184 e. The molecular weight excluding hydrogens is 184 g/mol. The number of pyridine rings is 1. The Bertz CT molecular complexity index is 335. The molecule has 1 aromatic rings. The van der Waals surface area contributed by atoms with Gasteiger partial charge in [-0.15, -0.1) is 0 Å². The van der Waals surface area contributed by atoms with E-state index >= 15 is 0 Å². The summed E-state index contributed by atoms with van der Waals surface area (Å²) in [5.41, 5.74) is 9.34. The van der Waals surface area contributed by atoms with Crippen LogP contribution in [0.15, 0.2) is 23.3 Å². The fourth-order valence-electron chi connectivity index (χ4n) is 0.798. The van der Waals surface area contributed by atoms with E-state index in [0.717, 1.165) is 11.4 Å². The molecule has 13 heavy (non-hydrogen) atoms. The number of nitrogens with zero attached hydrogens (tertiary/aromatic N) is 2. The van der Waals surface area contributed by atoms with Crippen molar-refractivity contribution in [2.75, 3.05) is 0 Å². The number of rotatable bonds is 2. The number of nitrogens with one attached hydrogen (secondary N) is 1. The van der Waals surface area contributed by atoms with Crippen molar-refractivity contribution in [3.05, 3.63) is 29.6 Å². The summed E-state index contributed by atoms with van der Waals surface area (Å²) in [6.07, 6.45) is 1.56. The first-order valence-electron chi connectivity index (χ1n) is 3.70. The van der Waals surface area contributed by atoms with Crippen molar-refractivity contribution in [3.63, 3.8) is 0 Å². The largest absolute Gasteiger partial charge is 0.375 e. The molecule has 0 aliphatic rings. The molecule has 1 rings (SSSR count). The average molecular weight is 194 g/mol. The van der Waals surface area contributed by atoms with Crippen molar-refractivity contribution in [3.8, 4) is 0 Å². The number of aromatic nitrogens is 1. The lowest BCUT2D eigenvalue weighted by molar-refractivity contribution is 1.04. The zero-order chi connectivity index (χ0) is 9.68. The highest BCUT2D eigenvalue weighted by atomic mass is 32.1. The monoisotopic (exact) mass is 194 g/mol. The van der Waals surface area contributed by atoms with E-state index in [2.05, 4.69) is 27.7 Å². The van der Waals surface area contributed by atoms with E-state index in [-0.39, 0.29) is 5.11 Å². The minimum Gasteiger partial charge on any atom is -0.375 e. The summed E-state index contributed by atoms with van der Waals surface area (Å²) >= 11 is 4.57. The predicted molar refractivity (Wildman–Crippen MR) is 56.5 cm³/mol. The predicted octanol–water partition coefficient (Wildman–Crippen LogP) is 0.557. The Hall–Kier alpha value is -1.49. The Morgan fingerprint density at radius 1 is 1.69 bits per heavy atom. The van der Waals surface area contributed by atoms with Crippen LogP contribution < -0.4 is 11.2 Å². The van der Waals surface area contributed by atoms with Gasteiger partial charge in [-0.3, -0.25) is 10.4 Å². The molecule has 0 spiro atoms. The first kappa shape index (κ1) is 9.60. The zero-order valence-electron chi connectivity index (χ0n) is 7.19. The molecule has 68 valence electrons. The van der Waals surface area contributed by atoms with Crippen LogP contribution in [0.4, 0.5) is 0 Å². The highest BCUT2D eigenvalue weighted by Gasteiger charge is 1.88. The summed E-state index contributed by atoms with van der Waals surface area (Å²) in [5.74, 6) is 0. The van der Waals surface area contributed by atoms with E-state index in [1.807, 2.05) is 25.1 Å². The fraction of sp³-hybridized carbons (Fsp3) is 0.125. The first-order valence-corrected chi connectivity index (χ1v) is 4.11. The lowest BCUT2D eigenvalue weighted by Crippen LogP contribution is -2.24. The maximum Gasteiger partial charge on any atom is 0.184 e. The maximum atomic E-state index is 5.17. The molecule has 5 heteroatoms. The van der Waals surface area contributed by atoms with Gasteiger partial charge in [-0.1, -0.05) is 6.07 Å². The number of hydrazone groups is 1. The van der Waals surface area contributed by atoms with Gasteiger partial charge in [0.25, 0.3) is 0 Å². The molecule has 3 N–H and O–H groups in total. The summed E-state index contributed by atoms with van der Waals surface area (Å²) in [6.45, 7) is 1.92. The molecule has 0 fully saturated rings. The van der Waals surface area contributed by atoms with Gasteiger partial charge in [-0.25, -0.2) is 0 Å². The van der Waals surface area contributed by atoms with E-state index < -0.39 is 0 Å². The van der Waals surface area contributed by atoms with Crippen molar-refractivity contribution in [2.45, 2.75) is 6.92 Å². The van der Waals surface area contributed by atoms with Crippen LogP contribution in [0.1, 0.15) is 11.4 Å². The van der Waals surface area contributed by atoms with Crippen molar-refractivity contribution in [2.24, 2.45) is 10.8 Å². The fourth-order valence-corrected chi connectivity index (χ4v) is 0.851. The Balaban J connectivity index is 2.63. The SMILES string of the molecule is Cc1cccc(/C=N/NC(N)=S)n1. The third-order valence-electron chi connectivity index (χ3n) is 1.28. The molecule has 0 radical (unpaired) electrons. The lowest BCUT2D eigenvalue weighted by Gasteiger charge is -1.95. The molecule has 0 unspecified atom stereocenters. The van der Waals surface area contributed by atoms with Crippen molar-refractivity contribution in [1.82, 2.24) is 10.4 Å². The number of hydrogen-bond acceptors (Lipinski definition) is 3. The van der Waals surface area contributed by atoms with Gasteiger partial charge in [-0.05, 0) is 31.3 Å². The van der Waals surface area contributed by atoms with Gasteiger partial charge < -0.3 is 5.73 Å². The van der Waals surface area contributed by atoms with Crippen LogP contribution in [0, 0.1) is 6.92 Å². The number of nitrogens with two attached hydrogens (primary N) is 1. The molecule has 0 saturated heterocycles. The molecular formula is C8H10N4S. The van der Waals surface area contributed by atoms with E-state index in [4.69, 9.17) is 5.73 Å². The summed E-state index contributed by atoms with van der Waals surface area (Å²) in [4.78, 5) is 4.20. The summed E-state index contributed by atoms with van der Waals surface area (Å²) in [7, 11) is 0. The molecule has 1 aromatic heterocycles. The second-order valence-corrected chi connectivity index (χ2v) is 2.88. The molecule has 0 atom stereocenters. The lowest BCUT2D eigenvalue weighted by atomic mass is 10.3. The van der Waals surface area contributed by atoms with Crippen LogP contribution in [-0.4, -0.2) is 16.3 Å². The van der Waals surface area contributed by atoms with E-state index in [1.54, 1.807) is 6.21 Å². The van der Waals surface area contributed by atoms with Gasteiger partial charge in [0.1, 0.15) is 0 Å². The third-order valence-corrected chi connectivity index (χ3v) is 1.37. The van der Waals surface area contributed by atoms with Crippen molar-refractivity contribution >= 4 is 23.5 Å². The van der Waals surface area contributed by atoms with Crippen LogP contribution in [0.2, 0.25) is 0 Å². The number of aryl methyl sites for hydroxylation is 1. The van der Waals surface area contributed by atoms with Crippen LogP contribution in [-0.2, 0) is 0 Å². The standard InChI is InChI=1S/C8H10N4S/c1-6-3-2-4-7(11-6)5-10-12-8(9)13/h2-5H,1H3,(H3,9,12,13)/b10-5+. The van der Waals surface area contributed by atoms with Crippen LogP contribution in [0.25, 0.3) is 0 Å². The Kier molecular flexibility index (Phi) is 3.33. The molecule has 0 saturated carbocycles. The second kappa shape index (κ2) is 4.51.